The molecule has 0 aromatic heterocycles. The molecule has 0 fully saturated rings. The fourth-order valence-corrected chi connectivity index (χ4v) is 1.45. The van der Waals surface area contributed by atoms with Crippen molar-refractivity contribution in [3.8, 4) is 0 Å². The zero-order valence-corrected chi connectivity index (χ0v) is 6.36. The maximum Gasteiger partial charge on any atom is 0.314 e. The molecule has 2 heteroatoms. The van der Waals surface area contributed by atoms with E-state index in [1.165, 1.54) is 0 Å². The van der Waals surface area contributed by atoms with Crippen molar-refractivity contribution in [2.75, 3.05) is 0 Å². The van der Waals surface area contributed by atoms with Gasteiger partial charge in [-0.25, -0.2) is 0 Å². The molecule has 0 heterocycles. The van der Waals surface area contributed by atoms with Crippen LogP contribution in [-0.2, 0) is 4.79 Å². The van der Waals surface area contributed by atoms with E-state index in [1.807, 2.05) is 30.3 Å². The third-order valence-electron chi connectivity index (χ3n) is 2.05. The van der Waals surface area contributed by atoms with Gasteiger partial charge in [0.15, 0.2) is 0 Å². The molecule has 1 unspecified atom stereocenters. The molecule has 0 radical (unpaired) electrons. The summed E-state index contributed by atoms with van der Waals surface area (Å²) in [7, 11) is 0. The SMILES string of the molecule is [2H]OC(=O)C1C=Cc2ccccc21. The molecule has 1 aliphatic carbocycles. The van der Waals surface area contributed by atoms with Gasteiger partial charge < -0.3 is 5.11 Å². The van der Waals surface area contributed by atoms with Crippen molar-refractivity contribution >= 4 is 12.0 Å². The minimum Gasteiger partial charge on any atom is -0.481 e. The summed E-state index contributed by atoms with van der Waals surface area (Å²) in [6, 6.07) is 7.59. The molecular formula is C10H8O2. The maximum absolute atomic E-state index is 11.1. The van der Waals surface area contributed by atoms with Crippen molar-refractivity contribution in [1.82, 2.24) is 0 Å². The molecular weight excluding hydrogens is 152 g/mol. The van der Waals surface area contributed by atoms with Crippen LogP contribution in [0.2, 0.25) is 0 Å². The predicted molar refractivity (Wildman–Crippen MR) is 45.9 cm³/mol. The van der Waals surface area contributed by atoms with Gasteiger partial charge >= 0.3 is 5.97 Å². The highest BCUT2D eigenvalue weighted by Crippen LogP contribution is 2.29. The molecule has 1 atom stereocenters. The smallest absolute Gasteiger partial charge is 0.314 e. The molecule has 1 aliphatic rings. The maximum atomic E-state index is 11.1. The minimum absolute atomic E-state index is 0.395. The largest absolute Gasteiger partial charge is 0.481 e. The van der Waals surface area contributed by atoms with Crippen LogP contribution in [0, 0.1) is 0 Å². The van der Waals surface area contributed by atoms with Crippen LogP contribution in [0.15, 0.2) is 30.3 Å². The quantitative estimate of drug-likeness (QED) is 0.682. The Morgan fingerprint density at radius 3 is 3.17 bits per heavy atom. The Hall–Kier alpha value is -1.57. The molecule has 1 aromatic carbocycles. The molecule has 2 rings (SSSR count). The van der Waals surface area contributed by atoms with Gasteiger partial charge in [-0.2, -0.15) is 0 Å². The van der Waals surface area contributed by atoms with E-state index in [-0.39, 0.29) is 0 Å². The second-order valence-electron chi connectivity index (χ2n) is 2.78. The second kappa shape index (κ2) is 2.48. The van der Waals surface area contributed by atoms with E-state index in [0.717, 1.165) is 11.1 Å². The summed E-state index contributed by atoms with van der Waals surface area (Å²) in [4.78, 5) is 11.1. The molecule has 1 N–H and O–H groups in total. The monoisotopic (exact) mass is 161 g/mol. The van der Waals surface area contributed by atoms with Gasteiger partial charge in [0.1, 0.15) is 5.92 Å². The van der Waals surface area contributed by atoms with Crippen molar-refractivity contribution in [1.29, 1.82) is 1.43 Å². The van der Waals surface area contributed by atoms with Gasteiger partial charge in [0.2, 0.25) is 0 Å². The van der Waals surface area contributed by atoms with Crippen LogP contribution in [0.4, 0.5) is 0 Å². The molecule has 2 nitrogen and oxygen atoms in total. The lowest BCUT2D eigenvalue weighted by Crippen LogP contribution is -2.06. The van der Waals surface area contributed by atoms with Crippen molar-refractivity contribution < 1.29 is 9.90 Å². The average Bonchev–Trinajstić information content (AvgIpc) is 2.60. The van der Waals surface area contributed by atoms with Gasteiger partial charge in [-0.15, -0.1) is 0 Å². The highest BCUT2D eigenvalue weighted by Gasteiger charge is 2.22. The van der Waals surface area contributed by atoms with E-state index >= 15 is 0 Å². The van der Waals surface area contributed by atoms with E-state index in [4.69, 9.17) is 1.43 Å². The van der Waals surface area contributed by atoms with Crippen LogP contribution < -0.4 is 0 Å². The number of benzene rings is 1. The predicted octanol–water partition coefficient (Wildman–Crippen LogP) is 1.88. The number of carboxylic acid groups (broad SMARTS) is 1. The van der Waals surface area contributed by atoms with Crippen molar-refractivity contribution in [2.45, 2.75) is 5.92 Å². The standard InChI is InChI=1S/C10H8O2/c11-10(12)9-6-5-7-3-1-2-4-8(7)9/h1-6,9H,(H,11,12)/i/hD. The summed E-state index contributed by atoms with van der Waals surface area (Å²) in [5.41, 5.74) is 1.94. The summed E-state index contributed by atoms with van der Waals surface area (Å²) in [6.45, 7) is 0. The van der Waals surface area contributed by atoms with E-state index < -0.39 is 11.9 Å². The minimum atomic E-state index is -0.527. The first kappa shape index (κ1) is 6.00. The van der Waals surface area contributed by atoms with Crippen LogP contribution in [0.3, 0.4) is 0 Å². The van der Waals surface area contributed by atoms with Crippen LogP contribution in [0.5, 0.6) is 0 Å². The highest BCUT2D eigenvalue weighted by molar-refractivity contribution is 5.84. The number of carboxylic acids is 1. The highest BCUT2D eigenvalue weighted by atomic mass is 16.4. The first-order valence-corrected chi connectivity index (χ1v) is 3.77. The Bertz CT molecular complexity index is 371. The molecule has 12 heavy (non-hydrogen) atoms. The summed E-state index contributed by atoms with van der Waals surface area (Å²) < 4.78 is 6.53. The van der Waals surface area contributed by atoms with Crippen LogP contribution >= 0.6 is 0 Å². The Labute approximate surface area is 71.6 Å². The van der Waals surface area contributed by atoms with Crippen molar-refractivity contribution in [2.24, 2.45) is 0 Å². The van der Waals surface area contributed by atoms with E-state index in [2.05, 4.69) is 5.11 Å². The molecule has 0 aliphatic heterocycles. The Balaban J connectivity index is 2.38. The topological polar surface area (TPSA) is 37.3 Å². The van der Waals surface area contributed by atoms with Gasteiger partial charge in [-0.05, 0) is 11.1 Å². The Morgan fingerprint density at radius 2 is 2.33 bits per heavy atom. The van der Waals surface area contributed by atoms with Gasteiger partial charge in [0.05, 0.1) is 0 Å². The third kappa shape index (κ3) is 0.925. The zero-order valence-electron chi connectivity index (χ0n) is 7.36. The third-order valence-corrected chi connectivity index (χ3v) is 2.05. The fourth-order valence-electron chi connectivity index (χ4n) is 1.45. The first-order chi connectivity index (χ1) is 6.33. The lowest BCUT2D eigenvalue weighted by molar-refractivity contribution is -0.137. The van der Waals surface area contributed by atoms with Crippen LogP contribution in [-0.4, -0.2) is 11.1 Å². The number of aliphatic carboxylic acids is 1. The molecule has 0 amide bonds. The van der Waals surface area contributed by atoms with Crippen LogP contribution in [0.25, 0.3) is 7.51 Å². The zero-order chi connectivity index (χ0) is 9.26. The number of rotatable bonds is 1. The Kier molecular flexibility index (Phi) is 1.24. The molecule has 0 saturated carbocycles. The second-order valence-corrected chi connectivity index (χ2v) is 2.78. The van der Waals surface area contributed by atoms with E-state index in [1.54, 1.807) is 6.08 Å². The van der Waals surface area contributed by atoms with E-state index in [9.17, 15) is 4.79 Å². The first-order valence-electron chi connectivity index (χ1n) is 4.18. The lowest BCUT2D eigenvalue weighted by atomic mass is 10.0. The number of fused-ring (bicyclic) bond motifs is 1. The Morgan fingerprint density at radius 1 is 1.50 bits per heavy atom. The van der Waals surface area contributed by atoms with Gasteiger partial charge in [0, 0.05) is 0 Å². The number of hydrogen-bond donors (Lipinski definition) is 1. The molecule has 0 spiro atoms. The summed E-state index contributed by atoms with van der Waals surface area (Å²) in [6.07, 6.45) is 3.62. The molecule has 60 valence electrons. The summed E-state index contributed by atoms with van der Waals surface area (Å²) >= 11 is 0. The van der Waals surface area contributed by atoms with Gasteiger partial charge in [0.25, 0.3) is 1.43 Å². The van der Waals surface area contributed by atoms with Gasteiger partial charge in [-0.3, -0.25) is 4.79 Å². The van der Waals surface area contributed by atoms with Crippen molar-refractivity contribution in [3.63, 3.8) is 0 Å². The number of hydrogen-bond acceptors (Lipinski definition) is 2. The fraction of sp³-hybridized carbons (Fsp3) is 0.100. The summed E-state index contributed by atoms with van der Waals surface area (Å²) in [5, 5.41) is 3.95. The molecule has 0 bridgehead atoms. The van der Waals surface area contributed by atoms with E-state index in [0.29, 0.717) is 0 Å². The lowest BCUT2D eigenvalue weighted by Gasteiger charge is -2.03. The average molecular weight is 161 g/mol. The summed E-state index contributed by atoms with van der Waals surface area (Å²) in [5.74, 6) is -0.921. The number of carbonyl (C=O) groups is 1. The molecule has 0 saturated heterocycles. The van der Waals surface area contributed by atoms with Gasteiger partial charge in [-0.1, -0.05) is 36.4 Å². The van der Waals surface area contributed by atoms with Crippen molar-refractivity contribution in [3.05, 3.63) is 41.5 Å². The normalized spacial score (nSPS) is 20.0. The van der Waals surface area contributed by atoms with Crippen LogP contribution in [0.1, 0.15) is 17.0 Å². The molecule has 1 aromatic rings.